The minimum absolute atomic E-state index is 0.0344. The number of hydrogen-bond acceptors (Lipinski definition) is 3. The van der Waals surface area contributed by atoms with Gasteiger partial charge in [0.25, 0.3) is 0 Å². The fourth-order valence-electron chi connectivity index (χ4n) is 2.80. The average molecular weight is 270 g/mol. The van der Waals surface area contributed by atoms with Crippen LogP contribution in [0.3, 0.4) is 0 Å². The summed E-state index contributed by atoms with van der Waals surface area (Å²) in [5, 5.41) is 11.9. The van der Waals surface area contributed by atoms with Gasteiger partial charge in [0.1, 0.15) is 0 Å². The summed E-state index contributed by atoms with van der Waals surface area (Å²) in [7, 11) is 0. The molecular formula is C15H30N2O2. The highest BCUT2D eigenvalue weighted by Crippen LogP contribution is 2.28. The minimum atomic E-state index is -0.280. The number of rotatable bonds is 7. The van der Waals surface area contributed by atoms with Gasteiger partial charge >= 0.3 is 0 Å². The third-order valence-corrected chi connectivity index (χ3v) is 4.14. The zero-order valence-corrected chi connectivity index (χ0v) is 12.5. The van der Waals surface area contributed by atoms with E-state index in [9.17, 15) is 4.79 Å². The fourth-order valence-corrected chi connectivity index (χ4v) is 2.80. The van der Waals surface area contributed by atoms with E-state index in [1.54, 1.807) is 0 Å². The molecule has 1 aliphatic rings. The monoisotopic (exact) mass is 270 g/mol. The Kier molecular flexibility index (Phi) is 6.27. The Balaban J connectivity index is 2.30. The summed E-state index contributed by atoms with van der Waals surface area (Å²) < 4.78 is 0. The number of aliphatic hydroxyl groups excluding tert-OH is 1. The minimum Gasteiger partial charge on any atom is -0.396 e. The van der Waals surface area contributed by atoms with E-state index in [0.29, 0.717) is 13.0 Å². The molecule has 0 atom stereocenters. The van der Waals surface area contributed by atoms with Gasteiger partial charge < -0.3 is 16.2 Å². The van der Waals surface area contributed by atoms with Crippen LogP contribution in [0.2, 0.25) is 0 Å². The Labute approximate surface area is 117 Å². The van der Waals surface area contributed by atoms with E-state index in [-0.39, 0.29) is 23.5 Å². The largest absolute Gasteiger partial charge is 0.396 e. The van der Waals surface area contributed by atoms with Gasteiger partial charge in [-0.05, 0) is 31.1 Å². The van der Waals surface area contributed by atoms with Crippen molar-refractivity contribution in [2.45, 2.75) is 70.8 Å². The smallest absolute Gasteiger partial charge is 0.221 e. The number of hydrogen-bond donors (Lipinski definition) is 3. The average Bonchev–Trinajstić information content (AvgIpc) is 2.35. The van der Waals surface area contributed by atoms with Crippen molar-refractivity contribution < 1.29 is 9.90 Å². The molecule has 1 amide bonds. The topological polar surface area (TPSA) is 75.3 Å². The summed E-state index contributed by atoms with van der Waals surface area (Å²) in [5.41, 5.74) is 6.04. The molecule has 1 fully saturated rings. The van der Waals surface area contributed by atoms with E-state index < -0.39 is 0 Å². The van der Waals surface area contributed by atoms with Crippen LogP contribution in [0.5, 0.6) is 0 Å². The Morgan fingerprint density at radius 1 is 1.32 bits per heavy atom. The van der Waals surface area contributed by atoms with Gasteiger partial charge in [-0.2, -0.15) is 0 Å². The van der Waals surface area contributed by atoms with Crippen molar-refractivity contribution in [3.8, 4) is 0 Å². The maximum absolute atomic E-state index is 12.0. The van der Waals surface area contributed by atoms with Crippen molar-refractivity contribution >= 4 is 5.91 Å². The second kappa shape index (κ2) is 7.25. The highest BCUT2D eigenvalue weighted by molar-refractivity contribution is 5.77. The second-order valence-corrected chi connectivity index (χ2v) is 6.87. The molecule has 0 aromatic carbocycles. The number of carbonyl (C=O) groups excluding carboxylic acids is 1. The Bertz CT molecular complexity index is 284. The van der Waals surface area contributed by atoms with Gasteiger partial charge in [-0.15, -0.1) is 0 Å². The standard InChI is InChI=1S/C15H30N2O2/c1-14(2,7-6-10-18)12-17-13(19)11-15(16)8-4-3-5-9-15/h18H,3-12,16H2,1-2H3,(H,17,19). The summed E-state index contributed by atoms with van der Waals surface area (Å²) in [6, 6.07) is 0. The maximum Gasteiger partial charge on any atom is 0.221 e. The van der Waals surface area contributed by atoms with Gasteiger partial charge in [0.15, 0.2) is 0 Å². The van der Waals surface area contributed by atoms with Crippen molar-refractivity contribution in [2.24, 2.45) is 11.1 Å². The lowest BCUT2D eigenvalue weighted by molar-refractivity contribution is -0.123. The Morgan fingerprint density at radius 3 is 2.53 bits per heavy atom. The highest BCUT2D eigenvalue weighted by atomic mass is 16.2. The lowest BCUT2D eigenvalue weighted by Crippen LogP contribution is -2.47. The predicted molar refractivity (Wildman–Crippen MR) is 77.7 cm³/mol. The maximum atomic E-state index is 12.0. The number of amides is 1. The lowest BCUT2D eigenvalue weighted by Gasteiger charge is -2.33. The molecule has 0 unspecified atom stereocenters. The van der Waals surface area contributed by atoms with E-state index in [4.69, 9.17) is 10.8 Å². The normalized spacial score (nSPS) is 19.2. The molecule has 4 heteroatoms. The van der Waals surface area contributed by atoms with Gasteiger partial charge in [-0.3, -0.25) is 4.79 Å². The van der Waals surface area contributed by atoms with E-state index in [0.717, 1.165) is 38.5 Å². The molecule has 0 saturated heterocycles. The molecule has 0 aromatic rings. The number of nitrogens with two attached hydrogens (primary N) is 1. The quantitative estimate of drug-likeness (QED) is 0.662. The summed E-state index contributed by atoms with van der Waals surface area (Å²) >= 11 is 0. The predicted octanol–water partition coefficient (Wildman–Crippen LogP) is 1.95. The number of aliphatic hydroxyl groups is 1. The van der Waals surface area contributed by atoms with Crippen LogP contribution in [0.25, 0.3) is 0 Å². The summed E-state index contributed by atoms with van der Waals surface area (Å²) in [6.45, 7) is 5.09. The van der Waals surface area contributed by atoms with Crippen LogP contribution >= 0.6 is 0 Å². The molecule has 0 spiro atoms. The first-order chi connectivity index (χ1) is 8.87. The zero-order valence-electron chi connectivity index (χ0n) is 12.5. The third-order valence-electron chi connectivity index (χ3n) is 4.14. The summed E-state index contributed by atoms with van der Waals surface area (Å²) in [4.78, 5) is 12.0. The second-order valence-electron chi connectivity index (χ2n) is 6.87. The Hall–Kier alpha value is -0.610. The molecule has 1 rings (SSSR count). The van der Waals surface area contributed by atoms with Crippen molar-refractivity contribution in [1.82, 2.24) is 5.32 Å². The summed E-state index contributed by atoms with van der Waals surface area (Å²) in [6.07, 6.45) is 7.61. The van der Waals surface area contributed by atoms with Gasteiger partial charge in [0, 0.05) is 25.1 Å². The van der Waals surface area contributed by atoms with Crippen LogP contribution in [0.15, 0.2) is 0 Å². The van der Waals surface area contributed by atoms with Gasteiger partial charge in [-0.1, -0.05) is 33.1 Å². The molecule has 4 nitrogen and oxygen atoms in total. The first-order valence-electron chi connectivity index (χ1n) is 7.53. The molecule has 0 heterocycles. The molecule has 0 bridgehead atoms. The van der Waals surface area contributed by atoms with E-state index in [2.05, 4.69) is 19.2 Å². The van der Waals surface area contributed by atoms with Crippen LogP contribution in [0.4, 0.5) is 0 Å². The molecule has 0 radical (unpaired) electrons. The molecule has 112 valence electrons. The highest BCUT2D eigenvalue weighted by Gasteiger charge is 2.30. The molecule has 0 aromatic heterocycles. The molecule has 1 saturated carbocycles. The number of nitrogens with one attached hydrogen (secondary N) is 1. The molecular weight excluding hydrogens is 240 g/mol. The lowest BCUT2D eigenvalue weighted by atomic mass is 9.80. The zero-order chi connectivity index (χ0) is 14.4. The molecule has 0 aliphatic heterocycles. The Morgan fingerprint density at radius 2 is 1.95 bits per heavy atom. The van der Waals surface area contributed by atoms with Crippen LogP contribution < -0.4 is 11.1 Å². The van der Waals surface area contributed by atoms with Crippen molar-refractivity contribution in [3.05, 3.63) is 0 Å². The first-order valence-corrected chi connectivity index (χ1v) is 7.53. The van der Waals surface area contributed by atoms with Crippen LogP contribution in [-0.2, 0) is 4.79 Å². The van der Waals surface area contributed by atoms with Gasteiger partial charge in [0.05, 0.1) is 0 Å². The van der Waals surface area contributed by atoms with Gasteiger partial charge in [-0.25, -0.2) is 0 Å². The number of carbonyl (C=O) groups is 1. The van der Waals surface area contributed by atoms with E-state index >= 15 is 0 Å². The first kappa shape index (κ1) is 16.4. The molecule has 4 N–H and O–H groups in total. The van der Waals surface area contributed by atoms with Gasteiger partial charge in [0.2, 0.25) is 5.91 Å². The van der Waals surface area contributed by atoms with E-state index in [1.165, 1.54) is 6.42 Å². The molecule has 1 aliphatic carbocycles. The van der Waals surface area contributed by atoms with Crippen LogP contribution in [0, 0.1) is 5.41 Å². The van der Waals surface area contributed by atoms with Crippen molar-refractivity contribution in [2.75, 3.05) is 13.2 Å². The van der Waals surface area contributed by atoms with E-state index in [1.807, 2.05) is 0 Å². The molecule has 19 heavy (non-hydrogen) atoms. The van der Waals surface area contributed by atoms with Crippen molar-refractivity contribution in [1.29, 1.82) is 0 Å². The summed E-state index contributed by atoms with van der Waals surface area (Å²) in [5.74, 6) is 0.0708. The van der Waals surface area contributed by atoms with Crippen LogP contribution in [0.1, 0.15) is 65.2 Å². The SMILES string of the molecule is CC(C)(CCCO)CNC(=O)CC1(N)CCCCC1. The third kappa shape index (κ3) is 6.39. The van der Waals surface area contributed by atoms with Crippen molar-refractivity contribution in [3.63, 3.8) is 0 Å². The van der Waals surface area contributed by atoms with Crippen LogP contribution in [-0.4, -0.2) is 29.7 Å². The fraction of sp³-hybridized carbons (Fsp3) is 0.933.